The Labute approximate surface area is 148 Å². The van der Waals surface area contributed by atoms with E-state index in [-0.39, 0.29) is 11.8 Å². The maximum Gasteiger partial charge on any atom is 0.225 e. The van der Waals surface area contributed by atoms with E-state index < -0.39 is 0 Å². The lowest BCUT2D eigenvalue weighted by molar-refractivity contribution is -0.138. The van der Waals surface area contributed by atoms with E-state index in [9.17, 15) is 4.79 Å². The van der Waals surface area contributed by atoms with Crippen molar-refractivity contribution in [1.82, 2.24) is 19.6 Å². The fraction of sp³-hybridized carbons (Fsp3) is 0.632. The quantitative estimate of drug-likeness (QED) is 0.858. The third kappa shape index (κ3) is 3.48. The van der Waals surface area contributed by atoms with Gasteiger partial charge in [0, 0.05) is 50.3 Å². The van der Waals surface area contributed by atoms with Crippen LogP contribution in [0.15, 0.2) is 29.0 Å². The third-order valence-electron chi connectivity index (χ3n) is 5.74. The molecule has 6 nitrogen and oxygen atoms in total. The molecule has 6 heteroatoms. The highest BCUT2D eigenvalue weighted by Gasteiger charge is 2.33. The summed E-state index contributed by atoms with van der Waals surface area (Å²) in [6, 6.07) is 4.70. The van der Waals surface area contributed by atoms with Gasteiger partial charge >= 0.3 is 0 Å². The van der Waals surface area contributed by atoms with Crippen molar-refractivity contribution in [2.45, 2.75) is 57.4 Å². The molecule has 1 saturated carbocycles. The number of piperidine rings is 1. The minimum atomic E-state index is 0.178. The summed E-state index contributed by atoms with van der Waals surface area (Å²) in [5, 5.41) is 4.06. The van der Waals surface area contributed by atoms with Crippen molar-refractivity contribution in [3.63, 3.8) is 0 Å². The Hall–Kier alpha value is -2.11. The van der Waals surface area contributed by atoms with Crippen LogP contribution >= 0.6 is 0 Å². The summed E-state index contributed by atoms with van der Waals surface area (Å²) in [6.45, 7) is 3.41. The van der Waals surface area contributed by atoms with Gasteiger partial charge in [0.2, 0.25) is 11.8 Å². The average molecular weight is 342 g/mol. The number of amides is 1. The molecule has 0 spiro atoms. The highest BCUT2D eigenvalue weighted by Crippen LogP contribution is 2.34. The molecule has 1 unspecified atom stereocenters. The molecule has 1 saturated heterocycles. The standard InChI is InChI=1S/C19H26N4O2/c1-14-20-18(21-25-14)16-5-4-12-23(13-16)19(24)15-6-8-17(9-7-15)22-10-2-3-11-22/h2-3,10-11,15-17H,4-9,12-13H2,1H3. The molecule has 0 radical (unpaired) electrons. The van der Waals surface area contributed by atoms with E-state index in [1.54, 1.807) is 0 Å². The van der Waals surface area contributed by atoms with Crippen molar-refractivity contribution >= 4 is 5.91 Å². The molecule has 4 rings (SSSR count). The van der Waals surface area contributed by atoms with E-state index in [4.69, 9.17) is 4.52 Å². The van der Waals surface area contributed by atoms with E-state index in [0.29, 0.717) is 17.8 Å². The van der Waals surface area contributed by atoms with Crippen LogP contribution in [-0.4, -0.2) is 38.6 Å². The molecule has 1 atom stereocenters. The van der Waals surface area contributed by atoms with E-state index in [1.165, 1.54) is 0 Å². The molecular weight excluding hydrogens is 316 g/mol. The van der Waals surface area contributed by atoms with Gasteiger partial charge < -0.3 is 14.0 Å². The first kappa shape index (κ1) is 16.4. The predicted octanol–water partition coefficient (Wildman–Crippen LogP) is 3.32. The maximum atomic E-state index is 13.0. The first-order valence-electron chi connectivity index (χ1n) is 9.42. The molecular formula is C19H26N4O2. The first-order valence-corrected chi connectivity index (χ1v) is 9.42. The fourth-order valence-electron chi connectivity index (χ4n) is 4.34. The summed E-state index contributed by atoms with van der Waals surface area (Å²) in [5.41, 5.74) is 0. The van der Waals surface area contributed by atoms with Crippen LogP contribution in [0.25, 0.3) is 0 Å². The second kappa shape index (κ2) is 7.02. The Morgan fingerprint density at radius 3 is 2.60 bits per heavy atom. The maximum absolute atomic E-state index is 13.0. The van der Waals surface area contributed by atoms with E-state index in [1.807, 2.05) is 11.8 Å². The summed E-state index contributed by atoms with van der Waals surface area (Å²) in [4.78, 5) is 19.4. The van der Waals surface area contributed by atoms with Gasteiger partial charge in [-0.05, 0) is 50.7 Å². The number of aromatic nitrogens is 3. The number of rotatable bonds is 3. The van der Waals surface area contributed by atoms with Crippen molar-refractivity contribution in [2.75, 3.05) is 13.1 Å². The average Bonchev–Trinajstić information content (AvgIpc) is 3.33. The van der Waals surface area contributed by atoms with Crippen LogP contribution in [-0.2, 0) is 4.79 Å². The minimum Gasteiger partial charge on any atom is -0.351 e. The van der Waals surface area contributed by atoms with Crippen molar-refractivity contribution in [3.05, 3.63) is 36.2 Å². The van der Waals surface area contributed by atoms with E-state index in [2.05, 4.69) is 39.2 Å². The van der Waals surface area contributed by atoms with Gasteiger partial charge in [-0.2, -0.15) is 4.98 Å². The lowest BCUT2D eigenvalue weighted by Gasteiger charge is -2.36. The number of carbonyl (C=O) groups excluding carboxylic acids is 1. The number of hydrogen-bond donors (Lipinski definition) is 0. The molecule has 0 aromatic carbocycles. The Balaban J connectivity index is 1.35. The normalized spacial score (nSPS) is 27.4. The number of likely N-dealkylation sites (tertiary alicyclic amines) is 1. The molecule has 1 aliphatic carbocycles. The molecule has 1 amide bonds. The van der Waals surface area contributed by atoms with Crippen LogP contribution in [0.5, 0.6) is 0 Å². The molecule has 25 heavy (non-hydrogen) atoms. The van der Waals surface area contributed by atoms with Crippen molar-refractivity contribution in [1.29, 1.82) is 0 Å². The van der Waals surface area contributed by atoms with Gasteiger partial charge in [-0.1, -0.05) is 5.16 Å². The highest BCUT2D eigenvalue weighted by molar-refractivity contribution is 5.79. The van der Waals surface area contributed by atoms with Crippen LogP contribution in [0.4, 0.5) is 0 Å². The van der Waals surface area contributed by atoms with E-state index >= 15 is 0 Å². The second-order valence-corrected chi connectivity index (χ2v) is 7.43. The molecule has 0 bridgehead atoms. The monoisotopic (exact) mass is 342 g/mol. The molecule has 1 aliphatic heterocycles. The topological polar surface area (TPSA) is 64.2 Å². The van der Waals surface area contributed by atoms with Crippen LogP contribution < -0.4 is 0 Å². The van der Waals surface area contributed by atoms with Gasteiger partial charge in [-0.3, -0.25) is 4.79 Å². The zero-order valence-electron chi connectivity index (χ0n) is 14.8. The van der Waals surface area contributed by atoms with Crippen molar-refractivity contribution in [2.24, 2.45) is 5.92 Å². The van der Waals surface area contributed by atoms with Crippen molar-refractivity contribution < 1.29 is 9.32 Å². The summed E-state index contributed by atoms with van der Waals surface area (Å²) in [5.74, 6) is 2.08. The van der Waals surface area contributed by atoms with Gasteiger partial charge in [0.15, 0.2) is 5.82 Å². The zero-order chi connectivity index (χ0) is 17.2. The summed E-state index contributed by atoms with van der Waals surface area (Å²) < 4.78 is 7.40. The Morgan fingerprint density at radius 2 is 1.92 bits per heavy atom. The Morgan fingerprint density at radius 1 is 1.16 bits per heavy atom. The molecule has 134 valence electrons. The lowest BCUT2D eigenvalue weighted by Crippen LogP contribution is -2.43. The SMILES string of the molecule is Cc1nc(C2CCCN(C(=O)C3CCC(n4cccc4)CC3)C2)no1. The smallest absolute Gasteiger partial charge is 0.225 e. The number of aryl methyl sites for hydroxylation is 1. The predicted molar refractivity (Wildman–Crippen MR) is 93.0 cm³/mol. The van der Waals surface area contributed by atoms with E-state index in [0.717, 1.165) is 57.4 Å². The van der Waals surface area contributed by atoms with Crippen LogP contribution in [0.2, 0.25) is 0 Å². The van der Waals surface area contributed by atoms with Gasteiger partial charge in [0.05, 0.1) is 0 Å². The number of hydrogen-bond acceptors (Lipinski definition) is 4. The summed E-state index contributed by atoms with van der Waals surface area (Å²) in [6.07, 6.45) is 10.5. The highest BCUT2D eigenvalue weighted by atomic mass is 16.5. The zero-order valence-corrected chi connectivity index (χ0v) is 14.8. The third-order valence-corrected chi connectivity index (χ3v) is 5.74. The molecule has 2 aromatic rings. The molecule has 2 aliphatic rings. The van der Waals surface area contributed by atoms with Gasteiger partial charge in [-0.15, -0.1) is 0 Å². The lowest BCUT2D eigenvalue weighted by atomic mass is 9.84. The van der Waals surface area contributed by atoms with Gasteiger partial charge in [0.1, 0.15) is 0 Å². The molecule has 0 N–H and O–H groups in total. The number of nitrogens with zero attached hydrogens (tertiary/aromatic N) is 4. The first-order chi connectivity index (χ1) is 12.2. The van der Waals surface area contributed by atoms with Crippen LogP contribution in [0.3, 0.4) is 0 Å². The summed E-state index contributed by atoms with van der Waals surface area (Å²) in [7, 11) is 0. The largest absolute Gasteiger partial charge is 0.351 e. The van der Waals surface area contributed by atoms with Gasteiger partial charge in [-0.25, -0.2) is 0 Å². The Bertz CT molecular complexity index is 701. The minimum absolute atomic E-state index is 0.178. The fourth-order valence-corrected chi connectivity index (χ4v) is 4.34. The summed E-state index contributed by atoms with van der Waals surface area (Å²) >= 11 is 0. The molecule has 2 fully saturated rings. The molecule has 3 heterocycles. The number of carbonyl (C=O) groups is 1. The Kier molecular flexibility index (Phi) is 4.59. The molecule has 2 aromatic heterocycles. The second-order valence-electron chi connectivity index (χ2n) is 7.43. The van der Waals surface area contributed by atoms with Crippen LogP contribution in [0, 0.1) is 12.8 Å². The van der Waals surface area contributed by atoms with Gasteiger partial charge in [0.25, 0.3) is 0 Å². The van der Waals surface area contributed by atoms with Crippen molar-refractivity contribution in [3.8, 4) is 0 Å². The van der Waals surface area contributed by atoms with Crippen LogP contribution in [0.1, 0.15) is 62.2 Å².